The molecule has 0 radical (unpaired) electrons. The maximum absolute atomic E-state index is 9.73. The van der Waals surface area contributed by atoms with Crippen LogP contribution in [0, 0.1) is 0 Å². The summed E-state index contributed by atoms with van der Waals surface area (Å²) in [7, 11) is 3.25. The van der Waals surface area contributed by atoms with E-state index in [-0.39, 0.29) is 11.8 Å². The maximum atomic E-state index is 9.73. The van der Waals surface area contributed by atoms with Gasteiger partial charge in [-0.15, -0.1) is 0 Å². The quantitative estimate of drug-likeness (QED) is 0.910. The minimum absolute atomic E-state index is 0.106. The van der Waals surface area contributed by atoms with Gasteiger partial charge in [-0.05, 0) is 47.4 Å². The molecule has 0 bridgehead atoms. The molecule has 0 saturated carbocycles. The number of benzene rings is 2. The summed E-state index contributed by atoms with van der Waals surface area (Å²) in [6, 6.07) is 11.8. The fraction of sp³-hybridized carbons (Fsp3) is 0.294. The Hall–Kier alpha value is -2.20. The Morgan fingerprint density at radius 3 is 2.71 bits per heavy atom. The molecule has 0 fully saturated rings. The number of phenols is 1. The predicted molar refractivity (Wildman–Crippen MR) is 81.2 cm³/mol. The second kappa shape index (κ2) is 5.66. The van der Waals surface area contributed by atoms with Crippen molar-refractivity contribution in [2.75, 3.05) is 20.8 Å². The van der Waals surface area contributed by atoms with Gasteiger partial charge in [0.25, 0.3) is 0 Å². The van der Waals surface area contributed by atoms with Crippen molar-refractivity contribution in [1.82, 2.24) is 5.32 Å². The normalized spacial score (nSPS) is 17.1. The predicted octanol–water partition coefficient (Wildman–Crippen LogP) is 2.64. The van der Waals surface area contributed by atoms with Crippen LogP contribution in [0.3, 0.4) is 0 Å². The molecule has 2 aromatic rings. The Morgan fingerprint density at radius 2 is 1.95 bits per heavy atom. The van der Waals surface area contributed by atoms with Gasteiger partial charge in [0.1, 0.15) is 5.75 Å². The fourth-order valence-corrected chi connectivity index (χ4v) is 2.84. The molecule has 4 heteroatoms. The molecular weight excluding hydrogens is 266 g/mol. The minimum Gasteiger partial charge on any atom is -0.504 e. The monoisotopic (exact) mass is 285 g/mol. The molecule has 21 heavy (non-hydrogen) atoms. The average Bonchev–Trinajstić information content (AvgIpc) is 2.54. The average molecular weight is 285 g/mol. The lowest BCUT2D eigenvalue weighted by molar-refractivity contribution is 0.372. The van der Waals surface area contributed by atoms with E-state index in [1.807, 2.05) is 18.2 Å². The Balaban J connectivity index is 2.02. The maximum Gasteiger partial charge on any atom is 0.160 e. The second-order valence-corrected chi connectivity index (χ2v) is 5.13. The van der Waals surface area contributed by atoms with Crippen LogP contribution in [0.4, 0.5) is 0 Å². The van der Waals surface area contributed by atoms with E-state index in [1.54, 1.807) is 20.3 Å². The summed E-state index contributed by atoms with van der Waals surface area (Å²) in [5.41, 5.74) is 3.62. The molecular formula is C17H19NO3. The Kier molecular flexibility index (Phi) is 3.71. The van der Waals surface area contributed by atoms with Gasteiger partial charge in [-0.25, -0.2) is 0 Å². The largest absolute Gasteiger partial charge is 0.504 e. The van der Waals surface area contributed by atoms with Crippen LogP contribution in [0.1, 0.15) is 22.7 Å². The third kappa shape index (κ3) is 2.54. The first-order valence-electron chi connectivity index (χ1n) is 7.00. The standard InChI is InChI=1S/C17H19NO3/c1-20-13-4-5-14-11(9-13)7-8-18-17(14)12-3-6-15(19)16(10-12)21-2/h3-6,9-10,17-19H,7-8H2,1-2H3. The molecule has 0 saturated heterocycles. The zero-order chi connectivity index (χ0) is 14.8. The molecule has 1 heterocycles. The highest BCUT2D eigenvalue weighted by molar-refractivity contribution is 5.48. The van der Waals surface area contributed by atoms with E-state index in [4.69, 9.17) is 9.47 Å². The number of ether oxygens (including phenoxy) is 2. The zero-order valence-corrected chi connectivity index (χ0v) is 12.2. The van der Waals surface area contributed by atoms with Gasteiger partial charge in [-0.1, -0.05) is 12.1 Å². The number of rotatable bonds is 3. The summed E-state index contributed by atoms with van der Waals surface area (Å²) in [4.78, 5) is 0. The van der Waals surface area contributed by atoms with Gasteiger partial charge < -0.3 is 19.9 Å². The number of hydrogen-bond acceptors (Lipinski definition) is 4. The number of nitrogens with one attached hydrogen (secondary N) is 1. The molecule has 1 atom stereocenters. The lowest BCUT2D eigenvalue weighted by Gasteiger charge is -2.28. The number of aromatic hydroxyl groups is 1. The van der Waals surface area contributed by atoms with Crippen molar-refractivity contribution >= 4 is 0 Å². The fourth-order valence-electron chi connectivity index (χ4n) is 2.84. The Bertz CT molecular complexity index is 654. The SMILES string of the molecule is COc1ccc2c(c1)CCNC2c1ccc(O)c(OC)c1. The van der Waals surface area contributed by atoms with Crippen molar-refractivity contribution in [2.45, 2.75) is 12.5 Å². The second-order valence-electron chi connectivity index (χ2n) is 5.13. The molecule has 2 aromatic carbocycles. The van der Waals surface area contributed by atoms with Gasteiger partial charge in [0, 0.05) is 6.54 Å². The number of hydrogen-bond donors (Lipinski definition) is 2. The molecule has 110 valence electrons. The van der Waals surface area contributed by atoms with E-state index in [2.05, 4.69) is 17.4 Å². The molecule has 1 unspecified atom stereocenters. The highest BCUT2D eigenvalue weighted by atomic mass is 16.5. The van der Waals surface area contributed by atoms with Gasteiger partial charge in [-0.2, -0.15) is 0 Å². The summed E-state index contributed by atoms with van der Waals surface area (Å²) >= 11 is 0. The van der Waals surface area contributed by atoms with E-state index in [9.17, 15) is 5.11 Å². The molecule has 4 nitrogen and oxygen atoms in total. The Morgan fingerprint density at radius 1 is 1.10 bits per heavy atom. The molecule has 3 rings (SSSR count). The van der Waals surface area contributed by atoms with Crippen molar-refractivity contribution in [3.8, 4) is 17.2 Å². The van der Waals surface area contributed by atoms with Crippen molar-refractivity contribution < 1.29 is 14.6 Å². The lowest BCUT2D eigenvalue weighted by Crippen LogP contribution is -2.30. The molecule has 0 spiro atoms. The van der Waals surface area contributed by atoms with E-state index in [0.29, 0.717) is 5.75 Å². The molecule has 2 N–H and O–H groups in total. The molecule has 0 aromatic heterocycles. The van der Waals surface area contributed by atoms with Crippen LogP contribution in [0.15, 0.2) is 36.4 Å². The molecule has 1 aliphatic rings. The third-order valence-corrected chi connectivity index (χ3v) is 3.94. The first-order chi connectivity index (χ1) is 10.2. The molecule has 0 amide bonds. The highest BCUT2D eigenvalue weighted by Crippen LogP contribution is 2.35. The van der Waals surface area contributed by atoms with Gasteiger partial charge in [0.15, 0.2) is 11.5 Å². The van der Waals surface area contributed by atoms with Gasteiger partial charge in [0.05, 0.1) is 20.3 Å². The van der Waals surface area contributed by atoms with Gasteiger partial charge in [-0.3, -0.25) is 0 Å². The summed E-state index contributed by atoms with van der Waals surface area (Å²) in [6.07, 6.45) is 0.984. The van der Waals surface area contributed by atoms with Gasteiger partial charge in [0.2, 0.25) is 0 Å². The van der Waals surface area contributed by atoms with Crippen molar-refractivity contribution in [1.29, 1.82) is 0 Å². The van der Waals surface area contributed by atoms with Crippen molar-refractivity contribution in [3.63, 3.8) is 0 Å². The topological polar surface area (TPSA) is 50.7 Å². The smallest absolute Gasteiger partial charge is 0.160 e. The van der Waals surface area contributed by atoms with Crippen LogP contribution in [-0.2, 0) is 6.42 Å². The lowest BCUT2D eigenvalue weighted by atomic mass is 9.89. The number of phenolic OH excluding ortho intramolecular Hbond substituents is 1. The minimum atomic E-state index is 0.106. The van der Waals surface area contributed by atoms with E-state index < -0.39 is 0 Å². The Labute approximate surface area is 124 Å². The van der Waals surface area contributed by atoms with Crippen LogP contribution >= 0.6 is 0 Å². The molecule has 0 aliphatic carbocycles. The van der Waals surface area contributed by atoms with E-state index in [0.717, 1.165) is 24.3 Å². The third-order valence-electron chi connectivity index (χ3n) is 3.94. The summed E-state index contributed by atoms with van der Waals surface area (Å²) < 4.78 is 10.5. The zero-order valence-electron chi connectivity index (χ0n) is 12.2. The van der Waals surface area contributed by atoms with Gasteiger partial charge >= 0.3 is 0 Å². The van der Waals surface area contributed by atoms with E-state index >= 15 is 0 Å². The number of methoxy groups -OCH3 is 2. The number of fused-ring (bicyclic) bond motifs is 1. The van der Waals surface area contributed by atoms with Crippen LogP contribution in [-0.4, -0.2) is 25.9 Å². The van der Waals surface area contributed by atoms with Crippen LogP contribution in [0.25, 0.3) is 0 Å². The first-order valence-corrected chi connectivity index (χ1v) is 7.00. The first kappa shape index (κ1) is 13.8. The van der Waals surface area contributed by atoms with Crippen LogP contribution in [0.2, 0.25) is 0 Å². The summed E-state index contributed by atoms with van der Waals surface area (Å²) in [6.45, 7) is 0.911. The highest BCUT2D eigenvalue weighted by Gasteiger charge is 2.22. The van der Waals surface area contributed by atoms with Crippen LogP contribution in [0.5, 0.6) is 17.2 Å². The molecule has 1 aliphatic heterocycles. The summed E-state index contributed by atoms with van der Waals surface area (Å²) in [5.74, 6) is 1.54. The summed E-state index contributed by atoms with van der Waals surface area (Å²) in [5, 5.41) is 13.3. The van der Waals surface area contributed by atoms with Crippen molar-refractivity contribution in [3.05, 3.63) is 53.1 Å². The van der Waals surface area contributed by atoms with Crippen LogP contribution < -0.4 is 14.8 Å². The van der Waals surface area contributed by atoms with E-state index in [1.165, 1.54) is 11.1 Å². The van der Waals surface area contributed by atoms with Crippen molar-refractivity contribution in [2.24, 2.45) is 0 Å².